The molecule has 0 unspecified atom stereocenters. The molecule has 1 fully saturated rings. The van der Waals surface area contributed by atoms with Crippen LogP contribution in [0.1, 0.15) is 17.5 Å². The van der Waals surface area contributed by atoms with E-state index in [1.165, 1.54) is 6.07 Å². The van der Waals surface area contributed by atoms with Gasteiger partial charge in [0.15, 0.2) is 0 Å². The van der Waals surface area contributed by atoms with Crippen molar-refractivity contribution in [3.05, 3.63) is 65.7 Å². The van der Waals surface area contributed by atoms with Crippen LogP contribution in [0.5, 0.6) is 0 Å². The molecule has 0 saturated carbocycles. The SMILES string of the molecule is O=C(O)C(F)(F)F.O=C(O)C(F)(F)F.O[C@@H]1CCN(Cc2cccc(F)c2)[C@H]1Cc1cccnc1. The van der Waals surface area contributed by atoms with Crippen molar-refractivity contribution in [1.82, 2.24) is 9.88 Å². The minimum atomic E-state index is -5.08. The Hall–Kier alpha value is -3.26. The summed E-state index contributed by atoms with van der Waals surface area (Å²) in [6.45, 7) is 1.50. The van der Waals surface area contributed by atoms with E-state index in [0.717, 1.165) is 30.5 Å². The predicted octanol–water partition coefficient (Wildman–Crippen LogP) is 3.67. The number of aliphatic hydroxyl groups excluding tert-OH is 1. The fourth-order valence-corrected chi connectivity index (χ4v) is 2.99. The van der Waals surface area contributed by atoms with Crippen molar-refractivity contribution in [2.24, 2.45) is 0 Å². The number of likely N-dealkylation sites (tertiary alicyclic amines) is 1. The highest BCUT2D eigenvalue weighted by atomic mass is 19.4. The first-order valence-electron chi connectivity index (χ1n) is 9.77. The lowest BCUT2D eigenvalue weighted by molar-refractivity contribution is -0.193. The minimum absolute atomic E-state index is 0.0671. The molecule has 0 amide bonds. The molecule has 2 atom stereocenters. The van der Waals surface area contributed by atoms with Crippen molar-refractivity contribution < 1.29 is 55.6 Å². The summed E-state index contributed by atoms with van der Waals surface area (Å²) < 4.78 is 76.8. The Balaban J connectivity index is 0.000000362. The molecule has 0 aliphatic carbocycles. The second-order valence-electron chi connectivity index (χ2n) is 7.19. The van der Waals surface area contributed by atoms with Crippen LogP contribution in [-0.2, 0) is 22.6 Å². The van der Waals surface area contributed by atoms with Gasteiger partial charge >= 0.3 is 24.3 Å². The molecule has 0 radical (unpaired) electrons. The van der Waals surface area contributed by atoms with E-state index < -0.39 is 24.3 Å². The van der Waals surface area contributed by atoms with Gasteiger partial charge in [0.05, 0.1) is 6.10 Å². The molecule has 14 heteroatoms. The highest BCUT2D eigenvalue weighted by Gasteiger charge is 2.39. The van der Waals surface area contributed by atoms with Crippen LogP contribution < -0.4 is 0 Å². The third-order valence-electron chi connectivity index (χ3n) is 4.55. The number of halogens is 7. The van der Waals surface area contributed by atoms with Crippen molar-refractivity contribution in [3.8, 4) is 0 Å². The molecule has 1 aromatic carbocycles. The molecule has 2 aromatic rings. The molecule has 35 heavy (non-hydrogen) atoms. The van der Waals surface area contributed by atoms with Gasteiger partial charge in [-0.15, -0.1) is 0 Å². The Morgan fingerprint density at radius 2 is 1.51 bits per heavy atom. The summed E-state index contributed by atoms with van der Waals surface area (Å²) in [6.07, 6.45) is -5.38. The zero-order valence-corrected chi connectivity index (χ0v) is 17.8. The Morgan fingerprint density at radius 1 is 0.971 bits per heavy atom. The van der Waals surface area contributed by atoms with Gasteiger partial charge in [-0.3, -0.25) is 9.88 Å². The predicted molar refractivity (Wildman–Crippen MR) is 107 cm³/mol. The highest BCUT2D eigenvalue weighted by Crippen LogP contribution is 2.24. The Labute approximate surface area is 194 Å². The van der Waals surface area contributed by atoms with Crippen molar-refractivity contribution >= 4 is 11.9 Å². The van der Waals surface area contributed by atoms with Gasteiger partial charge in [-0.2, -0.15) is 26.3 Å². The minimum Gasteiger partial charge on any atom is -0.475 e. The van der Waals surface area contributed by atoms with Crippen LogP contribution in [0.15, 0.2) is 48.8 Å². The molecule has 0 spiro atoms. The first-order valence-corrected chi connectivity index (χ1v) is 9.77. The maximum atomic E-state index is 13.3. The molecule has 0 bridgehead atoms. The number of alkyl halides is 6. The Bertz CT molecular complexity index is 931. The van der Waals surface area contributed by atoms with Gasteiger partial charge < -0.3 is 15.3 Å². The number of nitrogens with zero attached hydrogens (tertiary/aromatic N) is 2. The lowest BCUT2D eigenvalue weighted by Crippen LogP contribution is -2.36. The molecule has 1 aliphatic heterocycles. The average Bonchev–Trinajstić information content (AvgIpc) is 3.07. The van der Waals surface area contributed by atoms with Crippen LogP contribution in [0.4, 0.5) is 30.7 Å². The zero-order valence-electron chi connectivity index (χ0n) is 17.8. The number of aliphatic hydroxyl groups is 1. The van der Waals surface area contributed by atoms with Gasteiger partial charge in [0, 0.05) is 31.5 Å². The van der Waals surface area contributed by atoms with Crippen LogP contribution in [-0.4, -0.2) is 68.2 Å². The van der Waals surface area contributed by atoms with Crippen LogP contribution in [0.3, 0.4) is 0 Å². The van der Waals surface area contributed by atoms with Gasteiger partial charge in [-0.1, -0.05) is 18.2 Å². The number of carbonyl (C=O) groups is 2. The number of hydrogen-bond donors (Lipinski definition) is 3. The largest absolute Gasteiger partial charge is 0.490 e. The number of aliphatic carboxylic acids is 2. The zero-order chi connectivity index (χ0) is 26.8. The number of benzene rings is 1. The summed E-state index contributed by atoms with van der Waals surface area (Å²) in [4.78, 5) is 24.1. The van der Waals surface area contributed by atoms with E-state index in [1.807, 2.05) is 24.4 Å². The van der Waals surface area contributed by atoms with Crippen LogP contribution in [0.2, 0.25) is 0 Å². The van der Waals surface area contributed by atoms with E-state index >= 15 is 0 Å². The van der Waals surface area contributed by atoms with Gasteiger partial charge in [0.25, 0.3) is 0 Å². The van der Waals surface area contributed by atoms with E-state index in [-0.39, 0.29) is 18.0 Å². The lowest BCUT2D eigenvalue weighted by atomic mass is 10.0. The molecular weight excluding hydrogens is 493 g/mol. The third kappa shape index (κ3) is 11.1. The number of aromatic nitrogens is 1. The number of rotatable bonds is 4. The number of carboxylic acid groups (broad SMARTS) is 2. The summed E-state index contributed by atoms with van der Waals surface area (Å²) in [5, 5.41) is 24.5. The molecule has 1 saturated heterocycles. The standard InChI is InChI=1S/C17H19FN2O.2C2HF3O2/c18-15-5-1-3-14(9-15)12-20-8-6-17(21)16(20)10-13-4-2-7-19-11-13;2*3-2(4,5)1(6)7/h1-5,7,9,11,16-17,21H,6,8,10,12H2;2*(H,6,7)/t16-,17+;;/m0../s1. The van der Waals surface area contributed by atoms with Crippen LogP contribution in [0.25, 0.3) is 0 Å². The highest BCUT2D eigenvalue weighted by molar-refractivity contribution is 5.73. The molecule has 2 heterocycles. The quantitative estimate of drug-likeness (QED) is 0.534. The molecule has 7 nitrogen and oxygen atoms in total. The summed E-state index contributed by atoms with van der Waals surface area (Å²) in [7, 11) is 0. The van der Waals surface area contributed by atoms with Crippen LogP contribution in [0, 0.1) is 5.82 Å². The topological polar surface area (TPSA) is 111 Å². The molecule has 1 aliphatic rings. The molecule has 1 aromatic heterocycles. The second kappa shape index (κ2) is 13.0. The van der Waals surface area contributed by atoms with Crippen LogP contribution >= 0.6 is 0 Å². The van der Waals surface area contributed by atoms with E-state index in [2.05, 4.69) is 9.88 Å². The Morgan fingerprint density at radius 3 is 1.97 bits per heavy atom. The lowest BCUT2D eigenvalue weighted by Gasteiger charge is -2.26. The smallest absolute Gasteiger partial charge is 0.475 e. The number of hydrogen-bond acceptors (Lipinski definition) is 5. The summed E-state index contributed by atoms with van der Waals surface area (Å²) in [5.74, 6) is -5.73. The summed E-state index contributed by atoms with van der Waals surface area (Å²) in [5.41, 5.74) is 2.06. The maximum Gasteiger partial charge on any atom is 0.490 e. The second-order valence-corrected chi connectivity index (χ2v) is 7.19. The first kappa shape index (κ1) is 29.8. The van der Waals surface area contributed by atoms with Gasteiger partial charge in [0.1, 0.15) is 5.82 Å². The average molecular weight is 514 g/mol. The number of pyridine rings is 1. The van der Waals surface area contributed by atoms with Gasteiger partial charge in [0.2, 0.25) is 0 Å². The molecule has 3 N–H and O–H groups in total. The third-order valence-corrected chi connectivity index (χ3v) is 4.55. The molecule has 194 valence electrons. The summed E-state index contributed by atoms with van der Waals surface area (Å²) in [6, 6.07) is 10.7. The van der Waals surface area contributed by atoms with E-state index in [0.29, 0.717) is 6.54 Å². The first-order chi connectivity index (χ1) is 16.1. The van der Waals surface area contributed by atoms with Crippen molar-refractivity contribution in [3.63, 3.8) is 0 Å². The van der Waals surface area contributed by atoms with Crippen molar-refractivity contribution in [2.45, 2.75) is 43.9 Å². The summed E-state index contributed by atoms with van der Waals surface area (Å²) >= 11 is 0. The monoisotopic (exact) mass is 514 g/mol. The van der Waals surface area contributed by atoms with E-state index in [4.69, 9.17) is 19.8 Å². The van der Waals surface area contributed by atoms with Gasteiger partial charge in [-0.25, -0.2) is 14.0 Å². The maximum absolute atomic E-state index is 13.3. The molecule has 3 rings (SSSR count). The van der Waals surface area contributed by atoms with Gasteiger partial charge in [-0.05, 0) is 42.2 Å². The van der Waals surface area contributed by atoms with Crippen molar-refractivity contribution in [1.29, 1.82) is 0 Å². The number of carboxylic acids is 2. The van der Waals surface area contributed by atoms with E-state index in [1.54, 1.807) is 18.3 Å². The fraction of sp³-hybridized carbons (Fsp3) is 0.381. The van der Waals surface area contributed by atoms with Crippen molar-refractivity contribution in [2.75, 3.05) is 6.54 Å². The normalized spacial score (nSPS) is 18.1. The van der Waals surface area contributed by atoms with E-state index in [9.17, 15) is 35.8 Å². The molecular formula is C21H21F7N2O5. The fourth-order valence-electron chi connectivity index (χ4n) is 2.99. The Kier molecular flexibility index (Phi) is 11.1.